The molecule has 0 fully saturated rings. The number of aromatic nitrogens is 2. The highest BCUT2D eigenvalue weighted by atomic mass is 16.2. The largest absolute Gasteiger partial charge is 0.348 e. The standard InChI is InChI=1S/C39H48N6O2/c1-5-30(6-2)40-22-12-19-36(39(47)44-26(3)31-18-11-14-28-13-7-8-15-32(28)31)45-38(46)35-21-20-29(33-16-9-10-17-34(33)35)25-43-27(4)37-41-23-24-42-37/h7-11,13-18,20-21,23-24,26-27,30,36,40,43H,5-6,12,19,22,25H2,1-4H3,(H,41,42)(H,44,47)(H,45,46)/t26-,27?,36-/m0/s1. The van der Waals surface area contributed by atoms with Gasteiger partial charge in [0.05, 0.1) is 12.1 Å². The molecule has 5 aromatic rings. The number of rotatable bonds is 16. The van der Waals surface area contributed by atoms with E-state index in [2.05, 4.69) is 76.3 Å². The number of H-pyrrole nitrogens is 1. The van der Waals surface area contributed by atoms with E-state index >= 15 is 0 Å². The van der Waals surface area contributed by atoms with E-state index in [1.165, 1.54) is 0 Å². The molecule has 1 heterocycles. The number of nitrogens with zero attached hydrogens (tertiary/aromatic N) is 1. The van der Waals surface area contributed by atoms with Gasteiger partial charge in [0.2, 0.25) is 5.91 Å². The molecule has 0 spiro atoms. The van der Waals surface area contributed by atoms with Crippen LogP contribution >= 0.6 is 0 Å². The fourth-order valence-electron chi connectivity index (χ4n) is 6.30. The summed E-state index contributed by atoms with van der Waals surface area (Å²) in [6, 6.07) is 25.7. The molecule has 1 aromatic heterocycles. The van der Waals surface area contributed by atoms with E-state index in [0.29, 0.717) is 24.6 Å². The molecule has 3 atom stereocenters. The number of nitrogens with one attached hydrogen (secondary N) is 5. The highest BCUT2D eigenvalue weighted by molar-refractivity contribution is 6.09. The highest BCUT2D eigenvalue weighted by Crippen LogP contribution is 2.26. The second-order valence-corrected chi connectivity index (χ2v) is 12.3. The Morgan fingerprint density at radius 2 is 1.51 bits per heavy atom. The molecular formula is C39H48N6O2. The number of amides is 2. The van der Waals surface area contributed by atoms with Crippen LogP contribution in [0.2, 0.25) is 0 Å². The van der Waals surface area contributed by atoms with Crippen molar-refractivity contribution in [3.8, 4) is 0 Å². The fourth-order valence-corrected chi connectivity index (χ4v) is 6.30. The van der Waals surface area contributed by atoms with Crippen LogP contribution in [0.4, 0.5) is 0 Å². The number of benzene rings is 4. The van der Waals surface area contributed by atoms with Crippen LogP contribution in [0.1, 0.15) is 92.8 Å². The van der Waals surface area contributed by atoms with Crippen molar-refractivity contribution in [2.24, 2.45) is 0 Å². The molecule has 5 rings (SSSR count). The molecule has 2 amide bonds. The maximum atomic E-state index is 13.9. The highest BCUT2D eigenvalue weighted by Gasteiger charge is 2.25. The number of fused-ring (bicyclic) bond motifs is 2. The Bertz CT molecular complexity index is 1760. The molecule has 47 heavy (non-hydrogen) atoms. The zero-order valence-electron chi connectivity index (χ0n) is 28.0. The molecule has 0 aliphatic carbocycles. The first-order valence-electron chi connectivity index (χ1n) is 16.9. The van der Waals surface area contributed by atoms with Gasteiger partial charge in [-0.3, -0.25) is 9.59 Å². The first-order chi connectivity index (χ1) is 22.9. The summed E-state index contributed by atoms with van der Waals surface area (Å²) in [5.41, 5.74) is 2.69. The Balaban J connectivity index is 1.33. The minimum Gasteiger partial charge on any atom is -0.348 e. The molecule has 0 bridgehead atoms. The lowest BCUT2D eigenvalue weighted by molar-refractivity contribution is -0.123. The molecule has 0 saturated heterocycles. The summed E-state index contributed by atoms with van der Waals surface area (Å²) in [6.07, 6.45) is 6.96. The van der Waals surface area contributed by atoms with Gasteiger partial charge in [-0.1, -0.05) is 86.6 Å². The van der Waals surface area contributed by atoms with Crippen LogP contribution in [0, 0.1) is 0 Å². The maximum Gasteiger partial charge on any atom is 0.252 e. The third kappa shape index (κ3) is 8.44. The quantitative estimate of drug-likeness (QED) is 0.0746. The van der Waals surface area contributed by atoms with Gasteiger partial charge in [0.25, 0.3) is 5.91 Å². The van der Waals surface area contributed by atoms with Crippen molar-refractivity contribution in [2.45, 2.75) is 84.1 Å². The van der Waals surface area contributed by atoms with Gasteiger partial charge in [0.15, 0.2) is 0 Å². The van der Waals surface area contributed by atoms with Crippen molar-refractivity contribution >= 4 is 33.4 Å². The van der Waals surface area contributed by atoms with E-state index in [1.807, 2.05) is 67.7 Å². The van der Waals surface area contributed by atoms with Gasteiger partial charge >= 0.3 is 0 Å². The average Bonchev–Trinajstić information content (AvgIpc) is 3.65. The van der Waals surface area contributed by atoms with Crippen LogP contribution in [-0.4, -0.2) is 40.4 Å². The van der Waals surface area contributed by atoms with E-state index in [9.17, 15) is 9.59 Å². The van der Waals surface area contributed by atoms with Crippen LogP contribution in [0.15, 0.2) is 91.3 Å². The van der Waals surface area contributed by atoms with Gasteiger partial charge in [-0.15, -0.1) is 0 Å². The van der Waals surface area contributed by atoms with Crippen LogP contribution in [0.25, 0.3) is 21.5 Å². The first-order valence-corrected chi connectivity index (χ1v) is 16.9. The molecule has 246 valence electrons. The third-order valence-electron chi connectivity index (χ3n) is 9.15. The molecular weight excluding hydrogens is 584 g/mol. The molecule has 0 saturated carbocycles. The number of aromatic amines is 1. The van der Waals surface area contributed by atoms with Crippen molar-refractivity contribution in [1.29, 1.82) is 0 Å². The summed E-state index contributed by atoms with van der Waals surface area (Å²) in [4.78, 5) is 35.3. The number of hydrogen-bond acceptors (Lipinski definition) is 5. The van der Waals surface area contributed by atoms with Crippen LogP contribution in [0.3, 0.4) is 0 Å². The van der Waals surface area contributed by atoms with Gasteiger partial charge in [0.1, 0.15) is 11.9 Å². The van der Waals surface area contributed by atoms with Crippen molar-refractivity contribution in [3.05, 3.63) is 114 Å². The Kier molecular flexibility index (Phi) is 11.8. The predicted octanol–water partition coefficient (Wildman–Crippen LogP) is 7.10. The molecule has 1 unspecified atom stereocenters. The smallest absolute Gasteiger partial charge is 0.252 e. The average molecular weight is 633 g/mol. The van der Waals surface area contributed by atoms with Crippen molar-refractivity contribution in [1.82, 2.24) is 31.2 Å². The summed E-state index contributed by atoms with van der Waals surface area (Å²) < 4.78 is 0. The lowest BCUT2D eigenvalue weighted by Gasteiger charge is -2.23. The van der Waals surface area contributed by atoms with Gasteiger partial charge in [0, 0.05) is 30.5 Å². The maximum absolute atomic E-state index is 13.9. The second kappa shape index (κ2) is 16.3. The van der Waals surface area contributed by atoms with Crippen LogP contribution in [-0.2, 0) is 11.3 Å². The molecule has 8 heteroatoms. The Labute approximate surface area is 278 Å². The second-order valence-electron chi connectivity index (χ2n) is 12.3. The summed E-state index contributed by atoms with van der Waals surface area (Å²) in [5, 5.41) is 17.5. The normalized spacial score (nSPS) is 13.5. The van der Waals surface area contributed by atoms with Crippen molar-refractivity contribution < 1.29 is 9.59 Å². The van der Waals surface area contributed by atoms with Gasteiger partial charge in [-0.05, 0) is 84.8 Å². The van der Waals surface area contributed by atoms with E-state index in [4.69, 9.17) is 0 Å². The van der Waals surface area contributed by atoms with E-state index in [-0.39, 0.29) is 23.9 Å². The molecule has 0 aliphatic heterocycles. The summed E-state index contributed by atoms with van der Waals surface area (Å²) in [7, 11) is 0. The van der Waals surface area contributed by atoms with Gasteiger partial charge in [-0.25, -0.2) is 4.98 Å². The zero-order valence-corrected chi connectivity index (χ0v) is 28.0. The van der Waals surface area contributed by atoms with E-state index in [1.54, 1.807) is 6.20 Å². The summed E-state index contributed by atoms with van der Waals surface area (Å²) >= 11 is 0. The zero-order chi connectivity index (χ0) is 33.2. The fraction of sp³-hybridized carbons (Fsp3) is 0.359. The molecule has 4 aromatic carbocycles. The third-order valence-corrected chi connectivity index (χ3v) is 9.15. The SMILES string of the molecule is CCC(CC)NCCC[C@H](NC(=O)c1ccc(CNC(C)c2ncc[nH]2)c2ccccc12)C(=O)N[C@@H](C)c1cccc2ccccc12. The number of carbonyl (C=O) groups is 2. The molecule has 8 nitrogen and oxygen atoms in total. The Hall–Kier alpha value is -4.53. The van der Waals surface area contributed by atoms with E-state index < -0.39 is 6.04 Å². The summed E-state index contributed by atoms with van der Waals surface area (Å²) in [5.74, 6) is 0.438. The first kappa shape index (κ1) is 33.8. The van der Waals surface area contributed by atoms with Crippen molar-refractivity contribution in [2.75, 3.05) is 6.54 Å². The molecule has 5 N–H and O–H groups in total. The van der Waals surface area contributed by atoms with Gasteiger partial charge < -0.3 is 26.3 Å². The Morgan fingerprint density at radius 3 is 2.26 bits per heavy atom. The van der Waals surface area contributed by atoms with Gasteiger partial charge in [-0.2, -0.15) is 0 Å². The van der Waals surface area contributed by atoms with E-state index in [0.717, 1.165) is 64.3 Å². The Morgan fingerprint density at radius 1 is 0.787 bits per heavy atom. The lowest BCUT2D eigenvalue weighted by Crippen LogP contribution is -2.47. The number of hydrogen-bond donors (Lipinski definition) is 5. The minimum absolute atomic E-state index is 0.0432. The summed E-state index contributed by atoms with van der Waals surface area (Å²) in [6.45, 7) is 9.82. The van der Waals surface area contributed by atoms with Crippen molar-refractivity contribution in [3.63, 3.8) is 0 Å². The monoisotopic (exact) mass is 632 g/mol. The molecule has 0 radical (unpaired) electrons. The number of carbonyl (C=O) groups excluding carboxylic acids is 2. The minimum atomic E-state index is -0.683. The molecule has 0 aliphatic rings. The topological polar surface area (TPSA) is 111 Å². The lowest BCUT2D eigenvalue weighted by atomic mass is 9.98. The predicted molar refractivity (Wildman–Crippen MR) is 191 cm³/mol. The van der Waals surface area contributed by atoms with Crippen LogP contribution < -0.4 is 21.3 Å². The van der Waals surface area contributed by atoms with Crippen LogP contribution in [0.5, 0.6) is 0 Å². The number of imidazole rings is 1.